The summed E-state index contributed by atoms with van der Waals surface area (Å²) in [7, 11) is 0. The minimum absolute atomic E-state index is 0.0121. The van der Waals surface area contributed by atoms with E-state index >= 15 is 0 Å². The second-order valence-electron chi connectivity index (χ2n) is 7.13. The first-order valence-electron chi connectivity index (χ1n) is 9.34. The lowest BCUT2D eigenvalue weighted by atomic mass is 10.2. The average molecular weight is 342 g/mol. The van der Waals surface area contributed by atoms with Crippen LogP contribution >= 0.6 is 0 Å². The summed E-state index contributed by atoms with van der Waals surface area (Å²) in [6.45, 7) is 2.12. The van der Waals surface area contributed by atoms with E-state index in [1.165, 1.54) is 25.7 Å². The van der Waals surface area contributed by atoms with Crippen LogP contribution in [0.25, 0.3) is 0 Å². The van der Waals surface area contributed by atoms with Crippen LogP contribution < -0.4 is 5.32 Å². The third-order valence-corrected chi connectivity index (χ3v) is 5.40. The topological polar surface area (TPSA) is 68.0 Å². The van der Waals surface area contributed by atoms with Crippen LogP contribution in [0.5, 0.6) is 0 Å². The van der Waals surface area contributed by atoms with Crippen LogP contribution in [0.3, 0.4) is 0 Å². The highest BCUT2D eigenvalue weighted by Crippen LogP contribution is 2.28. The van der Waals surface area contributed by atoms with Gasteiger partial charge in [0.2, 0.25) is 0 Å². The molecule has 2 amide bonds. The molecule has 1 saturated carbocycles. The number of carbonyl (C=O) groups excluding carboxylic acids is 1. The molecule has 2 aliphatic rings. The largest absolute Gasteiger partial charge is 0.335 e. The Morgan fingerprint density at radius 3 is 2.88 bits per heavy atom. The van der Waals surface area contributed by atoms with Gasteiger partial charge in [-0.1, -0.05) is 12.8 Å². The molecule has 2 aromatic heterocycles. The molecule has 134 valence electrons. The number of hydrogen-bond acceptors (Lipinski definition) is 3. The van der Waals surface area contributed by atoms with Crippen LogP contribution in [0.1, 0.15) is 50.3 Å². The van der Waals surface area contributed by atoms with E-state index in [2.05, 4.69) is 26.3 Å². The third kappa shape index (κ3) is 3.70. The number of likely N-dealkylation sites (tertiary alicyclic amines) is 1. The minimum Gasteiger partial charge on any atom is -0.335 e. The lowest BCUT2D eigenvalue weighted by molar-refractivity contribution is 0.187. The van der Waals surface area contributed by atoms with Crippen molar-refractivity contribution >= 4 is 6.03 Å². The highest BCUT2D eigenvalue weighted by atomic mass is 16.2. The average Bonchev–Trinajstić information content (AvgIpc) is 3.39. The number of rotatable bonds is 5. The molecule has 2 aromatic rings. The first kappa shape index (κ1) is 16.2. The Hall–Kier alpha value is -2.31. The van der Waals surface area contributed by atoms with Crippen LogP contribution in [-0.4, -0.2) is 42.8 Å². The van der Waals surface area contributed by atoms with Crippen LogP contribution in [0.4, 0.5) is 4.79 Å². The molecule has 7 heteroatoms. The Morgan fingerprint density at radius 2 is 2.08 bits per heavy atom. The number of aromatic nitrogens is 4. The molecule has 0 aromatic carbocycles. The Morgan fingerprint density at radius 1 is 1.20 bits per heavy atom. The van der Waals surface area contributed by atoms with E-state index in [-0.39, 0.29) is 12.1 Å². The number of carbonyl (C=O) groups is 1. The molecule has 1 saturated heterocycles. The van der Waals surface area contributed by atoms with Gasteiger partial charge in [-0.15, -0.1) is 0 Å². The van der Waals surface area contributed by atoms with Crippen molar-refractivity contribution in [1.29, 1.82) is 0 Å². The van der Waals surface area contributed by atoms with Gasteiger partial charge >= 0.3 is 6.03 Å². The SMILES string of the molecule is O=C(NCc1ccn(C2CCCC2)n1)N1CCCC1Cn1ccnc1. The monoisotopic (exact) mass is 342 g/mol. The van der Waals surface area contributed by atoms with E-state index in [0.717, 1.165) is 31.6 Å². The van der Waals surface area contributed by atoms with Crippen molar-refractivity contribution in [2.45, 2.75) is 63.7 Å². The Labute approximate surface area is 148 Å². The number of hydrogen-bond donors (Lipinski definition) is 1. The maximum atomic E-state index is 12.6. The molecule has 7 nitrogen and oxygen atoms in total. The number of urea groups is 1. The second kappa shape index (κ2) is 7.29. The van der Waals surface area contributed by atoms with E-state index in [1.807, 2.05) is 28.1 Å². The summed E-state index contributed by atoms with van der Waals surface area (Å²) < 4.78 is 4.12. The molecule has 1 atom stereocenters. The van der Waals surface area contributed by atoms with E-state index < -0.39 is 0 Å². The van der Waals surface area contributed by atoms with Crippen molar-refractivity contribution in [3.8, 4) is 0 Å². The summed E-state index contributed by atoms with van der Waals surface area (Å²) in [6, 6.07) is 2.82. The van der Waals surface area contributed by atoms with Crippen molar-refractivity contribution in [1.82, 2.24) is 29.5 Å². The zero-order valence-electron chi connectivity index (χ0n) is 14.5. The fourth-order valence-electron chi connectivity index (χ4n) is 4.04. The Kier molecular flexibility index (Phi) is 4.72. The van der Waals surface area contributed by atoms with Crippen molar-refractivity contribution in [3.63, 3.8) is 0 Å². The van der Waals surface area contributed by atoms with Gasteiger partial charge in [-0.05, 0) is 31.7 Å². The molecular weight excluding hydrogens is 316 g/mol. The van der Waals surface area contributed by atoms with Gasteiger partial charge in [0.05, 0.1) is 30.6 Å². The second-order valence-corrected chi connectivity index (χ2v) is 7.13. The summed E-state index contributed by atoms with van der Waals surface area (Å²) in [5.74, 6) is 0. The molecule has 25 heavy (non-hydrogen) atoms. The predicted molar refractivity (Wildman–Crippen MR) is 93.9 cm³/mol. The normalized spacial score (nSPS) is 21.1. The smallest absolute Gasteiger partial charge is 0.318 e. The summed E-state index contributed by atoms with van der Waals surface area (Å²) in [4.78, 5) is 18.6. The summed E-state index contributed by atoms with van der Waals surface area (Å²) in [5.41, 5.74) is 0.936. The zero-order chi connectivity index (χ0) is 17.1. The van der Waals surface area contributed by atoms with E-state index in [1.54, 1.807) is 6.20 Å². The van der Waals surface area contributed by atoms with Crippen molar-refractivity contribution < 1.29 is 4.79 Å². The molecule has 1 N–H and O–H groups in total. The molecule has 0 radical (unpaired) electrons. The molecule has 3 heterocycles. The van der Waals surface area contributed by atoms with Crippen LogP contribution in [0.15, 0.2) is 31.0 Å². The zero-order valence-corrected chi connectivity index (χ0v) is 14.5. The van der Waals surface area contributed by atoms with E-state index in [0.29, 0.717) is 12.6 Å². The highest BCUT2D eigenvalue weighted by Gasteiger charge is 2.28. The fourth-order valence-corrected chi connectivity index (χ4v) is 4.04. The maximum absolute atomic E-state index is 12.6. The van der Waals surface area contributed by atoms with Gasteiger partial charge in [-0.25, -0.2) is 9.78 Å². The summed E-state index contributed by atoms with van der Waals surface area (Å²) in [5, 5.41) is 7.68. The molecule has 1 unspecified atom stereocenters. The van der Waals surface area contributed by atoms with Crippen LogP contribution in [-0.2, 0) is 13.1 Å². The minimum atomic E-state index is 0.0121. The van der Waals surface area contributed by atoms with Crippen LogP contribution in [0, 0.1) is 0 Å². The van der Waals surface area contributed by atoms with Gasteiger partial charge in [0, 0.05) is 31.7 Å². The lowest BCUT2D eigenvalue weighted by Crippen LogP contribution is -2.44. The van der Waals surface area contributed by atoms with Crippen molar-refractivity contribution in [2.24, 2.45) is 0 Å². The number of nitrogens with zero attached hydrogens (tertiary/aromatic N) is 5. The third-order valence-electron chi connectivity index (χ3n) is 5.40. The quantitative estimate of drug-likeness (QED) is 0.908. The number of amides is 2. The first-order chi connectivity index (χ1) is 12.3. The van der Waals surface area contributed by atoms with E-state index in [9.17, 15) is 4.79 Å². The molecule has 0 bridgehead atoms. The summed E-state index contributed by atoms with van der Waals surface area (Å²) >= 11 is 0. The van der Waals surface area contributed by atoms with Crippen molar-refractivity contribution in [2.75, 3.05) is 6.54 Å². The van der Waals surface area contributed by atoms with Gasteiger partial charge in [0.1, 0.15) is 0 Å². The molecule has 0 spiro atoms. The number of nitrogens with one attached hydrogen (secondary N) is 1. The molecule has 2 fully saturated rings. The predicted octanol–water partition coefficient (Wildman–Crippen LogP) is 2.57. The van der Waals surface area contributed by atoms with Crippen molar-refractivity contribution in [3.05, 3.63) is 36.7 Å². The highest BCUT2D eigenvalue weighted by molar-refractivity contribution is 5.74. The molecule has 1 aliphatic carbocycles. The summed E-state index contributed by atoms with van der Waals surface area (Å²) in [6.07, 6.45) is 14.7. The number of imidazole rings is 1. The lowest BCUT2D eigenvalue weighted by Gasteiger charge is -2.25. The Balaban J connectivity index is 1.30. The molecule has 1 aliphatic heterocycles. The van der Waals surface area contributed by atoms with Gasteiger partial charge in [-0.3, -0.25) is 4.68 Å². The first-order valence-corrected chi connectivity index (χ1v) is 9.34. The van der Waals surface area contributed by atoms with Gasteiger partial charge in [-0.2, -0.15) is 5.10 Å². The van der Waals surface area contributed by atoms with Gasteiger partial charge in [0.25, 0.3) is 0 Å². The van der Waals surface area contributed by atoms with Gasteiger partial charge in [0.15, 0.2) is 0 Å². The van der Waals surface area contributed by atoms with Crippen LogP contribution in [0.2, 0.25) is 0 Å². The van der Waals surface area contributed by atoms with E-state index in [4.69, 9.17) is 0 Å². The fraction of sp³-hybridized carbons (Fsp3) is 0.611. The Bertz CT molecular complexity index is 688. The standard InChI is InChI=1S/C18H26N6O/c25-18(23-9-3-6-17(23)13-22-11-8-19-14-22)20-12-15-7-10-24(21-15)16-4-1-2-5-16/h7-8,10-11,14,16-17H,1-6,9,12-13H2,(H,20,25). The molecular formula is C18H26N6O. The molecule has 4 rings (SSSR count). The maximum Gasteiger partial charge on any atom is 0.318 e. The van der Waals surface area contributed by atoms with Gasteiger partial charge < -0.3 is 14.8 Å².